The van der Waals surface area contributed by atoms with Crippen LogP contribution in [0.1, 0.15) is 30.4 Å². The molecule has 1 aromatic carbocycles. The Morgan fingerprint density at radius 1 is 1.08 bits per heavy atom. The second-order valence-electron chi connectivity index (χ2n) is 6.93. The number of amides is 2. The van der Waals surface area contributed by atoms with E-state index in [9.17, 15) is 9.59 Å². The molecule has 2 aliphatic heterocycles. The lowest BCUT2D eigenvalue weighted by molar-refractivity contribution is -0.134. The number of fused-ring (bicyclic) bond motifs is 1. The molecular formula is C20H22N2O2S. The van der Waals surface area contributed by atoms with E-state index in [1.165, 1.54) is 22.9 Å². The van der Waals surface area contributed by atoms with Crippen LogP contribution in [0.2, 0.25) is 0 Å². The molecule has 4 rings (SSSR count). The van der Waals surface area contributed by atoms with Crippen LogP contribution in [0.25, 0.3) is 0 Å². The van der Waals surface area contributed by atoms with Crippen molar-refractivity contribution < 1.29 is 9.59 Å². The van der Waals surface area contributed by atoms with Gasteiger partial charge in [0.05, 0.1) is 0 Å². The average Bonchev–Trinajstić information content (AvgIpc) is 3.30. The van der Waals surface area contributed by atoms with Crippen molar-refractivity contribution >= 4 is 23.6 Å². The van der Waals surface area contributed by atoms with Crippen molar-refractivity contribution in [2.75, 3.05) is 13.1 Å². The van der Waals surface area contributed by atoms with Crippen LogP contribution in [0, 0.1) is 5.92 Å². The number of rotatable bonds is 3. The number of hydrogen-bond donors (Lipinski definition) is 0. The topological polar surface area (TPSA) is 40.6 Å². The first kappa shape index (κ1) is 16.5. The van der Waals surface area contributed by atoms with Crippen molar-refractivity contribution in [1.29, 1.82) is 0 Å². The summed E-state index contributed by atoms with van der Waals surface area (Å²) in [4.78, 5) is 29.1. The Labute approximate surface area is 152 Å². The predicted molar refractivity (Wildman–Crippen MR) is 99.4 cm³/mol. The third-order valence-electron chi connectivity index (χ3n) is 5.21. The molecule has 0 bridgehead atoms. The monoisotopic (exact) mass is 354 g/mol. The number of carbonyl (C=O) groups excluding carboxylic acids is 2. The van der Waals surface area contributed by atoms with Gasteiger partial charge in [-0.25, -0.2) is 0 Å². The molecule has 1 aromatic rings. The molecule has 4 nitrogen and oxygen atoms in total. The zero-order valence-corrected chi connectivity index (χ0v) is 15.0. The zero-order chi connectivity index (χ0) is 17.2. The predicted octanol–water partition coefficient (Wildman–Crippen LogP) is 3.30. The highest BCUT2D eigenvalue weighted by Gasteiger charge is 2.31. The van der Waals surface area contributed by atoms with Crippen LogP contribution in [-0.4, -0.2) is 34.7 Å². The maximum absolute atomic E-state index is 12.9. The molecule has 0 saturated carbocycles. The minimum atomic E-state index is -0.0163. The molecule has 0 spiro atoms. The number of benzene rings is 1. The van der Waals surface area contributed by atoms with Crippen LogP contribution in [0.4, 0.5) is 0 Å². The van der Waals surface area contributed by atoms with Gasteiger partial charge in [-0.2, -0.15) is 0 Å². The van der Waals surface area contributed by atoms with Gasteiger partial charge in [0, 0.05) is 31.1 Å². The van der Waals surface area contributed by atoms with Gasteiger partial charge in [0.15, 0.2) is 0 Å². The Hall–Kier alpha value is -2.01. The molecule has 1 aliphatic carbocycles. The molecule has 3 aliphatic rings. The lowest BCUT2D eigenvalue weighted by atomic mass is 10.0. The van der Waals surface area contributed by atoms with Crippen molar-refractivity contribution in [2.24, 2.45) is 5.92 Å². The molecular weight excluding hydrogens is 332 g/mol. The summed E-state index contributed by atoms with van der Waals surface area (Å²) < 4.78 is 0. The fraction of sp³-hybridized carbons (Fsp3) is 0.400. The molecule has 25 heavy (non-hydrogen) atoms. The fourth-order valence-corrected chi connectivity index (χ4v) is 4.54. The van der Waals surface area contributed by atoms with E-state index in [1.807, 2.05) is 15.7 Å². The van der Waals surface area contributed by atoms with Gasteiger partial charge in [-0.05, 0) is 48.1 Å². The van der Waals surface area contributed by atoms with E-state index in [0.29, 0.717) is 18.0 Å². The maximum atomic E-state index is 12.9. The zero-order valence-electron chi connectivity index (χ0n) is 14.2. The van der Waals surface area contributed by atoms with Crippen LogP contribution in [0.15, 0.2) is 47.0 Å². The molecule has 0 atom stereocenters. The Bertz CT molecular complexity index is 725. The van der Waals surface area contributed by atoms with Crippen molar-refractivity contribution in [2.45, 2.75) is 32.1 Å². The summed E-state index contributed by atoms with van der Waals surface area (Å²) in [6, 6.07) is 8.42. The largest absolute Gasteiger partial charge is 0.337 e. The molecule has 130 valence electrons. The molecule has 2 heterocycles. The van der Waals surface area contributed by atoms with Gasteiger partial charge in [0.1, 0.15) is 5.70 Å². The van der Waals surface area contributed by atoms with Crippen molar-refractivity contribution in [3.8, 4) is 0 Å². The summed E-state index contributed by atoms with van der Waals surface area (Å²) in [5, 5.41) is 3.67. The van der Waals surface area contributed by atoms with E-state index >= 15 is 0 Å². The number of nitrogens with zero attached hydrogens (tertiary/aromatic N) is 2. The summed E-state index contributed by atoms with van der Waals surface area (Å²) in [6.07, 6.45) is 6.24. The first-order valence-corrected chi connectivity index (χ1v) is 9.87. The third kappa shape index (κ3) is 3.38. The highest BCUT2D eigenvalue weighted by molar-refractivity contribution is 8.05. The maximum Gasteiger partial charge on any atom is 0.271 e. The molecule has 1 saturated heterocycles. The first-order chi connectivity index (χ1) is 12.2. The molecule has 0 radical (unpaired) electrons. The van der Waals surface area contributed by atoms with E-state index in [0.717, 1.165) is 38.8 Å². The Morgan fingerprint density at radius 2 is 1.76 bits per heavy atom. The average molecular weight is 354 g/mol. The molecule has 0 aromatic heterocycles. The Morgan fingerprint density at radius 3 is 2.44 bits per heavy atom. The minimum Gasteiger partial charge on any atom is -0.337 e. The van der Waals surface area contributed by atoms with E-state index < -0.39 is 0 Å². The fourth-order valence-electron chi connectivity index (χ4n) is 3.93. The summed E-state index contributed by atoms with van der Waals surface area (Å²) in [6.45, 7) is 1.59. The Kier molecular flexibility index (Phi) is 4.66. The van der Waals surface area contributed by atoms with E-state index in [4.69, 9.17) is 0 Å². The van der Waals surface area contributed by atoms with Gasteiger partial charge in [0.2, 0.25) is 5.91 Å². The molecule has 5 heteroatoms. The van der Waals surface area contributed by atoms with Gasteiger partial charge in [0.25, 0.3) is 5.91 Å². The lowest BCUT2D eigenvalue weighted by Crippen LogP contribution is -2.38. The van der Waals surface area contributed by atoms with Crippen LogP contribution < -0.4 is 0 Å². The summed E-state index contributed by atoms with van der Waals surface area (Å²) in [5.74, 6) is 0.335. The second-order valence-corrected chi connectivity index (χ2v) is 7.71. The second kappa shape index (κ2) is 7.08. The van der Waals surface area contributed by atoms with Crippen LogP contribution >= 0.6 is 11.8 Å². The summed E-state index contributed by atoms with van der Waals surface area (Å²) in [7, 11) is 0. The number of hydrogen-bond acceptors (Lipinski definition) is 3. The van der Waals surface area contributed by atoms with Gasteiger partial charge in [-0.1, -0.05) is 24.3 Å². The Balaban J connectivity index is 1.43. The van der Waals surface area contributed by atoms with Gasteiger partial charge >= 0.3 is 0 Å². The SMILES string of the molecule is O=C(C1=CSC=CN1C(=O)CC1Cc2ccccc2C1)N1CCCC1. The normalized spacial score (nSPS) is 19.9. The van der Waals surface area contributed by atoms with Crippen LogP contribution in [0.5, 0.6) is 0 Å². The quantitative estimate of drug-likeness (QED) is 0.836. The number of likely N-dealkylation sites (tertiary alicyclic amines) is 1. The summed E-state index contributed by atoms with van der Waals surface area (Å²) >= 11 is 1.46. The molecule has 2 amide bonds. The van der Waals surface area contributed by atoms with E-state index in [1.54, 1.807) is 11.1 Å². The summed E-state index contributed by atoms with van der Waals surface area (Å²) in [5.41, 5.74) is 3.22. The molecule has 0 unspecified atom stereocenters. The number of carbonyl (C=O) groups is 2. The smallest absolute Gasteiger partial charge is 0.271 e. The molecule has 0 N–H and O–H groups in total. The third-order valence-corrected chi connectivity index (χ3v) is 5.85. The number of thioether (sulfide) groups is 1. The van der Waals surface area contributed by atoms with Crippen molar-refractivity contribution in [3.05, 3.63) is 58.1 Å². The van der Waals surface area contributed by atoms with Gasteiger partial charge < -0.3 is 4.90 Å². The standard InChI is InChI=1S/C20H22N2O2S/c23-19(13-15-11-16-5-1-2-6-17(16)12-15)22-9-10-25-14-18(22)20(24)21-7-3-4-8-21/h1-2,5-6,9-10,14-15H,3-4,7-8,11-13H2. The highest BCUT2D eigenvalue weighted by atomic mass is 32.2. The van der Waals surface area contributed by atoms with E-state index in [-0.39, 0.29) is 11.8 Å². The van der Waals surface area contributed by atoms with Crippen LogP contribution in [-0.2, 0) is 22.4 Å². The molecule has 1 fully saturated rings. The van der Waals surface area contributed by atoms with Gasteiger partial charge in [-0.3, -0.25) is 14.5 Å². The van der Waals surface area contributed by atoms with Crippen molar-refractivity contribution in [3.63, 3.8) is 0 Å². The lowest BCUT2D eigenvalue weighted by Gasteiger charge is -2.27. The van der Waals surface area contributed by atoms with Crippen molar-refractivity contribution in [1.82, 2.24) is 9.80 Å². The van der Waals surface area contributed by atoms with E-state index in [2.05, 4.69) is 24.3 Å². The van der Waals surface area contributed by atoms with Gasteiger partial charge in [-0.15, -0.1) is 11.8 Å². The highest BCUT2D eigenvalue weighted by Crippen LogP contribution is 2.31. The minimum absolute atomic E-state index is 0.0163. The first-order valence-electron chi connectivity index (χ1n) is 8.93. The van der Waals surface area contributed by atoms with Crippen LogP contribution in [0.3, 0.4) is 0 Å².